The standard InChI is InChI=1S/C23H27N7O2S/c1-5-16-14-33-20(28-16)17(12-24)18-9-11-26-21(29-18)25-10-8-15-6-7-19(27-13-15)30-22(31)32-23(2,3)4/h6-7,9,11,13-14,17H,5,8,10H2,1-4H3,(H,25,26,29)(H,27,30,31). The summed E-state index contributed by atoms with van der Waals surface area (Å²) in [5.41, 5.74) is 2.01. The fourth-order valence-electron chi connectivity index (χ4n) is 2.86. The van der Waals surface area contributed by atoms with Crippen molar-refractivity contribution in [3.63, 3.8) is 0 Å². The quantitative estimate of drug-likeness (QED) is 0.496. The van der Waals surface area contributed by atoms with E-state index in [0.717, 1.165) is 22.7 Å². The summed E-state index contributed by atoms with van der Waals surface area (Å²) in [6.45, 7) is 8.03. The second-order valence-corrected chi connectivity index (χ2v) is 9.14. The maximum absolute atomic E-state index is 11.8. The van der Waals surface area contributed by atoms with Crippen molar-refractivity contribution in [2.75, 3.05) is 17.2 Å². The number of nitrogens with zero attached hydrogens (tertiary/aromatic N) is 5. The number of carbonyl (C=O) groups is 1. The van der Waals surface area contributed by atoms with Gasteiger partial charge in [0.1, 0.15) is 22.3 Å². The van der Waals surface area contributed by atoms with E-state index in [2.05, 4.69) is 36.6 Å². The predicted octanol–water partition coefficient (Wildman–Crippen LogP) is 4.55. The van der Waals surface area contributed by atoms with E-state index in [-0.39, 0.29) is 0 Å². The van der Waals surface area contributed by atoms with Crippen LogP contribution in [0.25, 0.3) is 0 Å². The van der Waals surface area contributed by atoms with Crippen LogP contribution < -0.4 is 10.6 Å². The van der Waals surface area contributed by atoms with Crippen molar-refractivity contribution >= 4 is 29.2 Å². The van der Waals surface area contributed by atoms with Crippen LogP contribution >= 0.6 is 11.3 Å². The molecule has 0 aliphatic rings. The molecule has 1 amide bonds. The van der Waals surface area contributed by atoms with Crippen molar-refractivity contribution in [1.29, 1.82) is 5.26 Å². The number of aromatic nitrogens is 4. The molecule has 172 valence electrons. The van der Waals surface area contributed by atoms with E-state index in [0.29, 0.717) is 30.4 Å². The Hall–Kier alpha value is -3.58. The molecule has 3 aromatic rings. The van der Waals surface area contributed by atoms with Crippen molar-refractivity contribution in [2.24, 2.45) is 0 Å². The lowest BCUT2D eigenvalue weighted by atomic mass is 10.1. The molecule has 3 rings (SSSR count). The Labute approximate surface area is 197 Å². The average Bonchev–Trinajstić information content (AvgIpc) is 3.23. The normalized spacial score (nSPS) is 12.0. The van der Waals surface area contributed by atoms with Crippen LogP contribution in [0.5, 0.6) is 0 Å². The summed E-state index contributed by atoms with van der Waals surface area (Å²) in [6.07, 6.45) is 4.31. The molecule has 2 N–H and O–H groups in total. The van der Waals surface area contributed by atoms with E-state index in [1.165, 1.54) is 11.3 Å². The maximum atomic E-state index is 11.8. The van der Waals surface area contributed by atoms with Gasteiger partial charge >= 0.3 is 6.09 Å². The number of ether oxygens (including phenoxy) is 1. The van der Waals surface area contributed by atoms with Crippen LogP contribution in [0, 0.1) is 11.3 Å². The lowest BCUT2D eigenvalue weighted by Crippen LogP contribution is -2.27. The lowest BCUT2D eigenvalue weighted by molar-refractivity contribution is 0.0635. The van der Waals surface area contributed by atoms with Crippen LogP contribution in [0.1, 0.15) is 55.6 Å². The number of pyridine rings is 1. The van der Waals surface area contributed by atoms with Crippen molar-refractivity contribution < 1.29 is 9.53 Å². The summed E-state index contributed by atoms with van der Waals surface area (Å²) in [7, 11) is 0. The Morgan fingerprint density at radius 1 is 1.24 bits per heavy atom. The zero-order valence-electron chi connectivity index (χ0n) is 19.1. The summed E-state index contributed by atoms with van der Waals surface area (Å²) < 4.78 is 5.22. The van der Waals surface area contributed by atoms with Gasteiger partial charge in [-0.2, -0.15) is 5.26 Å². The van der Waals surface area contributed by atoms with Crippen LogP contribution in [0.2, 0.25) is 0 Å². The lowest BCUT2D eigenvalue weighted by Gasteiger charge is -2.19. The third-order valence-corrected chi connectivity index (χ3v) is 5.39. The molecule has 9 nitrogen and oxygen atoms in total. The minimum atomic E-state index is -0.568. The maximum Gasteiger partial charge on any atom is 0.413 e. The number of hydrogen-bond acceptors (Lipinski definition) is 9. The number of nitriles is 1. The molecule has 0 aromatic carbocycles. The van der Waals surface area contributed by atoms with Gasteiger partial charge in [0.05, 0.1) is 17.5 Å². The van der Waals surface area contributed by atoms with Gasteiger partial charge in [-0.1, -0.05) is 13.0 Å². The van der Waals surface area contributed by atoms with Gasteiger partial charge in [-0.05, 0) is 51.3 Å². The number of rotatable bonds is 8. The Bertz CT molecular complexity index is 1120. The minimum Gasteiger partial charge on any atom is -0.444 e. The Morgan fingerprint density at radius 3 is 2.70 bits per heavy atom. The monoisotopic (exact) mass is 465 g/mol. The van der Waals surface area contributed by atoms with Gasteiger partial charge in [-0.25, -0.2) is 24.7 Å². The van der Waals surface area contributed by atoms with Crippen molar-refractivity contribution in [2.45, 2.75) is 52.1 Å². The Morgan fingerprint density at radius 2 is 2.06 bits per heavy atom. The van der Waals surface area contributed by atoms with Crippen molar-refractivity contribution in [3.05, 3.63) is 57.9 Å². The molecule has 0 radical (unpaired) electrons. The van der Waals surface area contributed by atoms with E-state index in [4.69, 9.17) is 4.74 Å². The van der Waals surface area contributed by atoms with Gasteiger partial charge < -0.3 is 10.1 Å². The van der Waals surface area contributed by atoms with E-state index in [1.54, 1.807) is 45.3 Å². The second-order valence-electron chi connectivity index (χ2n) is 8.25. The molecular weight excluding hydrogens is 438 g/mol. The summed E-state index contributed by atoms with van der Waals surface area (Å²) in [4.78, 5) is 29.4. The van der Waals surface area contributed by atoms with Crippen LogP contribution in [-0.4, -0.2) is 38.2 Å². The van der Waals surface area contributed by atoms with Crippen LogP contribution in [0.3, 0.4) is 0 Å². The smallest absolute Gasteiger partial charge is 0.413 e. The number of amides is 1. The van der Waals surface area contributed by atoms with E-state index in [9.17, 15) is 10.1 Å². The van der Waals surface area contributed by atoms with Gasteiger partial charge in [-0.15, -0.1) is 11.3 Å². The summed E-state index contributed by atoms with van der Waals surface area (Å²) >= 11 is 1.47. The van der Waals surface area contributed by atoms with E-state index < -0.39 is 17.6 Å². The number of nitrogens with one attached hydrogen (secondary N) is 2. The molecule has 3 aromatic heterocycles. The van der Waals surface area contributed by atoms with E-state index >= 15 is 0 Å². The summed E-state index contributed by atoms with van der Waals surface area (Å²) in [6, 6.07) is 7.65. The molecule has 1 atom stereocenters. The van der Waals surface area contributed by atoms with Crippen LogP contribution in [0.15, 0.2) is 36.0 Å². The first-order valence-electron chi connectivity index (χ1n) is 10.6. The third kappa shape index (κ3) is 7.22. The molecule has 0 saturated carbocycles. The molecule has 0 fully saturated rings. The van der Waals surface area contributed by atoms with Gasteiger partial charge in [0.25, 0.3) is 0 Å². The summed E-state index contributed by atoms with van der Waals surface area (Å²) in [5, 5.41) is 18.2. The molecular formula is C23H27N7O2S. The number of aryl methyl sites for hydroxylation is 1. The molecule has 0 aliphatic heterocycles. The second kappa shape index (κ2) is 10.8. The van der Waals surface area contributed by atoms with Crippen LogP contribution in [-0.2, 0) is 17.6 Å². The fourth-order valence-corrected chi connectivity index (χ4v) is 3.81. The largest absolute Gasteiger partial charge is 0.444 e. The highest BCUT2D eigenvalue weighted by Gasteiger charge is 2.19. The SMILES string of the molecule is CCc1csc(C(C#N)c2ccnc(NCCc3ccc(NC(=O)OC(C)(C)C)nc3)n2)n1. The van der Waals surface area contributed by atoms with Gasteiger partial charge in [0, 0.05) is 24.3 Å². The highest BCUT2D eigenvalue weighted by atomic mass is 32.1. The number of hydrogen-bond donors (Lipinski definition) is 2. The van der Waals surface area contributed by atoms with Gasteiger partial charge in [0.15, 0.2) is 0 Å². The number of carbonyl (C=O) groups excluding carboxylic acids is 1. The molecule has 10 heteroatoms. The highest BCUT2D eigenvalue weighted by Crippen LogP contribution is 2.26. The zero-order valence-corrected chi connectivity index (χ0v) is 19.9. The summed E-state index contributed by atoms with van der Waals surface area (Å²) in [5.74, 6) is 0.359. The molecule has 0 bridgehead atoms. The Balaban J connectivity index is 1.54. The first kappa shape index (κ1) is 24.1. The van der Waals surface area contributed by atoms with E-state index in [1.807, 2.05) is 18.4 Å². The topological polar surface area (TPSA) is 126 Å². The fraction of sp³-hybridized carbons (Fsp3) is 0.391. The van der Waals surface area contributed by atoms with Crippen LogP contribution in [0.4, 0.5) is 16.6 Å². The van der Waals surface area contributed by atoms with Crippen molar-refractivity contribution in [1.82, 2.24) is 19.9 Å². The molecule has 0 saturated heterocycles. The van der Waals surface area contributed by atoms with Crippen molar-refractivity contribution in [3.8, 4) is 6.07 Å². The molecule has 1 unspecified atom stereocenters. The van der Waals surface area contributed by atoms with Gasteiger partial charge in [0.2, 0.25) is 5.95 Å². The highest BCUT2D eigenvalue weighted by molar-refractivity contribution is 7.09. The zero-order chi connectivity index (χ0) is 23.8. The number of anilines is 2. The molecule has 33 heavy (non-hydrogen) atoms. The predicted molar refractivity (Wildman–Crippen MR) is 127 cm³/mol. The third-order valence-electron chi connectivity index (χ3n) is 4.43. The molecule has 0 aliphatic carbocycles. The van der Waals surface area contributed by atoms with Gasteiger partial charge in [-0.3, -0.25) is 5.32 Å². The average molecular weight is 466 g/mol. The molecule has 0 spiro atoms. The minimum absolute atomic E-state index is 0.424. The molecule has 3 heterocycles. The first-order chi connectivity index (χ1) is 15.8. The Kier molecular flexibility index (Phi) is 7.90. The first-order valence-corrected chi connectivity index (χ1v) is 11.5. The number of thiazole rings is 1.